The van der Waals surface area contributed by atoms with Gasteiger partial charge in [-0.3, -0.25) is 9.59 Å². The number of aliphatic hydroxyl groups excluding tert-OH is 4. The van der Waals surface area contributed by atoms with E-state index < -0.39 is 55.4 Å². The van der Waals surface area contributed by atoms with Gasteiger partial charge in [0.05, 0.1) is 13.2 Å². The van der Waals surface area contributed by atoms with Crippen LogP contribution in [0.2, 0.25) is 0 Å². The molecule has 0 aromatic heterocycles. The summed E-state index contributed by atoms with van der Waals surface area (Å²) < 4.78 is 22.1. The van der Waals surface area contributed by atoms with Crippen molar-refractivity contribution in [3.63, 3.8) is 0 Å². The van der Waals surface area contributed by atoms with Crippen molar-refractivity contribution in [3.8, 4) is 0 Å². The number of aliphatic hydroxyl groups is 4. The van der Waals surface area contributed by atoms with Crippen LogP contribution in [-0.4, -0.2) is 89.0 Å². The van der Waals surface area contributed by atoms with Crippen molar-refractivity contribution < 1.29 is 49.0 Å². The van der Waals surface area contributed by atoms with Crippen molar-refractivity contribution in [2.24, 2.45) is 0 Å². The average molecular weight is 753 g/mol. The average Bonchev–Trinajstić information content (AvgIpc) is 3.15. The molecule has 2 unspecified atom stereocenters. The first kappa shape index (κ1) is 48.9. The lowest BCUT2D eigenvalue weighted by Gasteiger charge is -2.39. The maximum absolute atomic E-state index is 12.7. The Bertz CT molecular complexity index is 965. The number of carbonyl (C=O) groups is 2. The molecule has 1 rings (SSSR count). The Hall–Kier alpha value is -2.08. The molecular formula is C43H76O10. The molecule has 0 saturated carbocycles. The SMILES string of the molecule is CCCCCC/C=C/CCCCCCCC(=O)O[C@@H](COC(=O)CCCC/C=C/C/C=C/CCCCCCCC)CO[C@H]1O[C@@H](CO)[C@@H](O)C(O)C1O. The predicted octanol–water partition coefficient (Wildman–Crippen LogP) is 8.33. The van der Waals surface area contributed by atoms with Crippen LogP contribution in [0.25, 0.3) is 0 Å². The number of hydrogen-bond acceptors (Lipinski definition) is 10. The van der Waals surface area contributed by atoms with Crippen molar-refractivity contribution >= 4 is 11.9 Å². The first-order valence-electron chi connectivity index (χ1n) is 21.1. The molecule has 1 heterocycles. The van der Waals surface area contributed by atoms with Gasteiger partial charge < -0.3 is 39.4 Å². The number of esters is 2. The van der Waals surface area contributed by atoms with E-state index in [2.05, 4.69) is 50.3 Å². The second kappa shape index (κ2) is 34.4. The lowest BCUT2D eigenvalue weighted by atomic mass is 9.99. The van der Waals surface area contributed by atoms with Crippen LogP contribution in [-0.2, 0) is 28.5 Å². The molecule has 0 spiro atoms. The van der Waals surface area contributed by atoms with Crippen LogP contribution in [0.1, 0.15) is 168 Å². The molecule has 308 valence electrons. The topological polar surface area (TPSA) is 152 Å². The van der Waals surface area contributed by atoms with E-state index in [0.29, 0.717) is 12.8 Å². The molecule has 0 aromatic carbocycles. The van der Waals surface area contributed by atoms with E-state index in [4.69, 9.17) is 18.9 Å². The lowest BCUT2D eigenvalue weighted by molar-refractivity contribution is -0.305. The third-order valence-corrected chi connectivity index (χ3v) is 9.50. The Balaban J connectivity index is 2.40. The van der Waals surface area contributed by atoms with Crippen LogP contribution in [0, 0.1) is 0 Å². The van der Waals surface area contributed by atoms with E-state index in [0.717, 1.165) is 64.2 Å². The molecule has 0 amide bonds. The highest BCUT2D eigenvalue weighted by Crippen LogP contribution is 2.22. The zero-order valence-electron chi connectivity index (χ0n) is 33.3. The van der Waals surface area contributed by atoms with E-state index in [-0.39, 0.29) is 26.1 Å². The van der Waals surface area contributed by atoms with Gasteiger partial charge in [-0.25, -0.2) is 0 Å². The van der Waals surface area contributed by atoms with Crippen molar-refractivity contribution in [3.05, 3.63) is 36.5 Å². The minimum Gasteiger partial charge on any atom is -0.462 e. The third kappa shape index (κ3) is 26.4. The van der Waals surface area contributed by atoms with Crippen molar-refractivity contribution in [2.75, 3.05) is 19.8 Å². The number of rotatable bonds is 34. The maximum Gasteiger partial charge on any atom is 0.306 e. The fourth-order valence-electron chi connectivity index (χ4n) is 6.09. The lowest BCUT2D eigenvalue weighted by Crippen LogP contribution is -2.59. The summed E-state index contributed by atoms with van der Waals surface area (Å²) in [6.07, 6.45) is 30.1. The molecule has 53 heavy (non-hydrogen) atoms. The molecule has 0 radical (unpaired) electrons. The summed E-state index contributed by atoms with van der Waals surface area (Å²) in [4.78, 5) is 25.2. The summed E-state index contributed by atoms with van der Waals surface area (Å²) in [5, 5.41) is 40.0. The standard InChI is InChI=1S/C43H76O10/c1-3-5-7-9-11-13-15-17-18-20-21-23-25-27-29-31-38(45)50-34-36(35-51-43-42(49)41(48)40(47)37(33-44)53-43)52-39(46)32-30-28-26-24-22-19-16-14-12-10-8-6-4-2/h14,16-18,21,23,36-37,40-44,47-49H,3-13,15,19-20,22,24-35H2,1-2H3/b16-14+,18-17+,23-21+/t36-,37-,40+,41?,42?,43-/m0/s1. The Morgan fingerprint density at radius 3 is 1.64 bits per heavy atom. The van der Waals surface area contributed by atoms with Crippen molar-refractivity contribution in [2.45, 2.75) is 205 Å². The van der Waals surface area contributed by atoms with Crippen molar-refractivity contribution in [1.82, 2.24) is 0 Å². The summed E-state index contributed by atoms with van der Waals surface area (Å²) >= 11 is 0. The highest BCUT2D eigenvalue weighted by Gasteiger charge is 2.44. The molecule has 0 aliphatic carbocycles. The molecule has 10 heteroatoms. The van der Waals surface area contributed by atoms with Crippen molar-refractivity contribution in [1.29, 1.82) is 0 Å². The van der Waals surface area contributed by atoms with E-state index in [9.17, 15) is 30.0 Å². The van der Waals surface area contributed by atoms with Gasteiger partial charge >= 0.3 is 11.9 Å². The van der Waals surface area contributed by atoms with Crippen LogP contribution in [0.5, 0.6) is 0 Å². The predicted molar refractivity (Wildman–Crippen MR) is 210 cm³/mol. The molecule has 1 aliphatic heterocycles. The molecular weight excluding hydrogens is 676 g/mol. The van der Waals surface area contributed by atoms with Gasteiger partial charge in [-0.05, 0) is 70.6 Å². The first-order valence-corrected chi connectivity index (χ1v) is 21.1. The molecule has 1 aliphatic rings. The zero-order chi connectivity index (χ0) is 38.8. The molecule has 4 N–H and O–H groups in total. The fraction of sp³-hybridized carbons (Fsp3) is 0.814. The van der Waals surface area contributed by atoms with Gasteiger partial charge in [0.25, 0.3) is 0 Å². The molecule has 1 fully saturated rings. The van der Waals surface area contributed by atoms with E-state index in [1.807, 2.05) is 0 Å². The third-order valence-electron chi connectivity index (χ3n) is 9.50. The molecule has 10 nitrogen and oxygen atoms in total. The Kier molecular flexibility index (Phi) is 31.8. The second-order valence-corrected chi connectivity index (χ2v) is 14.4. The molecule has 0 aromatic rings. The van der Waals surface area contributed by atoms with Crippen LogP contribution < -0.4 is 0 Å². The van der Waals surface area contributed by atoms with Gasteiger partial charge in [0.1, 0.15) is 31.0 Å². The summed E-state index contributed by atoms with van der Waals surface area (Å²) in [6.45, 7) is 3.34. The summed E-state index contributed by atoms with van der Waals surface area (Å²) in [5.74, 6) is -0.856. The smallest absolute Gasteiger partial charge is 0.306 e. The number of allylic oxidation sites excluding steroid dienone is 6. The number of unbranched alkanes of at least 4 members (excludes halogenated alkanes) is 17. The number of ether oxygens (including phenoxy) is 4. The summed E-state index contributed by atoms with van der Waals surface area (Å²) in [5.41, 5.74) is 0. The van der Waals surface area contributed by atoms with Gasteiger partial charge in [0.2, 0.25) is 0 Å². The van der Waals surface area contributed by atoms with Gasteiger partial charge in [0.15, 0.2) is 12.4 Å². The van der Waals surface area contributed by atoms with Crippen LogP contribution >= 0.6 is 0 Å². The van der Waals surface area contributed by atoms with Gasteiger partial charge in [0, 0.05) is 12.8 Å². The number of carbonyl (C=O) groups excluding carboxylic acids is 2. The summed E-state index contributed by atoms with van der Waals surface area (Å²) in [7, 11) is 0. The van der Waals surface area contributed by atoms with Gasteiger partial charge in [-0.2, -0.15) is 0 Å². The Labute approximate surface area is 321 Å². The molecule has 1 saturated heterocycles. The monoisotopic (exact) mass is 753 g/mol. The summed E-state index contributed by atoms with van der Waals surface area (Å²) in [6, 6.07) is 0. The minimum absolute atomic E-state index is 0.213. The van der Waals surface area contributed by atoms with Crippen LogP contribution in [0.4, 0.5) is 0 Å². The highest BCUT2D eigenvalue weighted by atomic mass is 16.7. The molecule has 6 atom stereocenters. The minimum atomic E-state index is -1.60. The fourth-order valence-corrected chi connectivity index (χ4v) is 6.09. The highest BCUT2D eigenvalue weighted by molar-refractivity contribution is 5.70. The Morgan fingerprint density at radius 2 is 1.06 bits per heavy atom. The zero-order valence-corrected chi connectivity index (χ0v) is 33.3. The van der Waals surface area contributed by atoms with Crippen LogP contribution in [0.3, 0.4) is 0 Å². The maximum atomic E-state index is 12.7. The normalized spacial score (nSPS) is 21.2. The Morgan fingerprint density at radius 1 is 0.585 bits per heavy atom. The molecule has 0 bridgehead atoms. The second-order valence-electron chi connectivity index (χ2n) is 14.4. The van der Waals surface area contributed by atoms with E-state index in [1.54, 1.807) is 0 Å². The first-order chi connectivity index (χ1) is 25.8. The largest absolute Gasteiger partial charge is 0.462 e. The quantitative estimate of drug-likeness (QED) is 0.0287. The van der Waals surface area contributed by atoms with Crippen LogP contribution in [0.15, 0.2) is 36.5 Å². The van der Waals surface area contributed by atoms with E-state index >= 15 is 0 Å². The van der Waals surface area contributed by atoms with E-state index in [1.165, 1.54) is 64.2 Å². The van der Waals surface area contributed by atoms with Gasteiger partial charge in [-0.1, -0.05) is 121 Å². The number of hydrogen-bond donors (Lipinski definition) is 4. The van der Waals surface area contributed by atoms with Gasteiger partial charge in [-0.15, -0.1) is 0 Å².